The number of carboxylic acids is 1. The molecule has 11 aliphatic heterocycles. The van der Waals surface area contributed by atoms with E-state index in [2.05, 4.69) is 26.6 Å². The van der Waals surface area contributed by atoms with Crippen LogP contribution in [0.15, 0.2) is 0 Å². The van der Waals surface area contributed by atoms with E-state index in [-0.39, 0.29) is 0 Å². The SMILES string of the molecule is CC(=O)N[C@@H]1[C@@H](O[C@@H]2[C@@H](O[C@@H]3[C@H](O)[C@H](O[C@H]4[C@H](O)[C@@H](NC(C)=O)[C@H](O[C@H]5[C@H](O)[C@@H](NC(C)=O)C(O)O[C@@H]5CO[C@@H]5O[C@@H](C)[C@@H](O)[C@@H](O)[C@@H]5O)O[C@@H]4CO)O[C@H](CO[C@H]4O[C@H](CO)[C@@H](O)[C@H](O)[C@@H]4O[C@H]4O[C@H](CO)[C@@H](O[C@@H]5O[C@H](CO)[C@H](O)[C@H](O)[C@H]5O)[C@H](O)[C@H]4NC(C)=O)[C@H]3O)O[C@H](CO)[C@@H](O)[C@@H]2O)O[C@H](CO)[C@@H](O[C@@H]2O[C@H](CO)[C@H](O)[C@H](O[C@]3(C(=O)O)C[C@H](O)[C@@H](NC(C)=O)[C@H]([C@@H](O)[C@H](O)CO)O3)[C@H]2O)[C@@H]1O. The maximum absolute atomic E-state index is 13.4. The lowest BCUT2D eigenvalue weighted by Crippen LogP contribution is -2.71. The maximum Gasteiger partial charge on any atom is 0.364 e. The molecule has 0 radical (unpaired) electrons. The van der Waals surface area contributed by atoms with E-state index in [1.807, 2.05) is 0 Å². The molecule has 11 saturated heterocycles. The van der Waals surface area contributed by atoms with Gasteiger partial charge in [-0.1, -0.05) is 0 Å². The topological polar surface area (TPSA) is 984 Å². The van der Waals surface area contributed by atoms with Gasteiger partial charge in [-0.2, -0.15) is 0 Å². The van der Waals surface area contributed by atoms with E-state index in [1.165, 1.54) is 6.92 Å². The Bertz CT molecular complexity index is 4010. The summed E-state index contributed by atoms with van der Waals surface area (Å²) >= 11 is 0. The molecule has 63 heteroatoms. The van der Waals surface area contributed by atoms with Crippen molar-refractivity contribution in [1.82, 2.24) is 26.6 Å². The fourth-order valence-electron chi connectivity index (χ4n) is 18.4. The first-order valence-electron chi connectivity index (χ1n) is 45.1. The molecule has 0 aromatic rings. The first kappa shape index (κ1) is 117. The number of amides is 5. The lowest BCUT2D eigenvalue weighted by Gasteiger charge is -2.51. The lowest BCUT2D eigenvalue weighted by molar-refractivity contribution is -0.401. The molecule has 820 valence electrons. The van der Waals surface area contributed by atoms with Gasteiger partial charge in [0.25, 0.3) is 5.79 Å². The molecular weight excluding hydrogens is 1950 g/mol. The number of hydrogen-bond acceptors (Lipinski definition) is 57. The number of carbonyl (C=O) groups excluding carboxylic acids is 5. The van der Waals surface area contributed by atoms with Crippen molar-refractivity contribution in [2.75, 3.05) is 66.1 Å². The Morgan fingerprint density at radius 2 is 0.620 bits per heavy atom. The van der Waals surface area contributed by atoms with Crippen molar-refractivity contribution in [3.8, 4) is 0 Å². The molecule has 63 nitrogen and oxygen atoms in total. The average molecular weight is 2080 g/mol. The van der Waals surface area contributed by atoms with Crippen LogP contribution in [0.2, 0.25) is 0 Å². The van der Waals surface area contributed by atoms with Crippen LogP contribution in [0.5, 0.6) is 0 Å². The van der Waals surface area contributed by atoms with E-state index in [9.17, 15) is 187 Å². The van der Waals surface area contributed by atoms with Gasteiger partial charge in [0, 0.05) is 41.0 Å². The van der Waals surface area contributed by atoms with Crippen molar-refractivity contribution in [3.05, 3.63) is 0 Å². The normalized spacial score (nSPS) is 48.0. The number of carbonyl (C=O) groups is 6. The number of aliphatic hydroxyl groups is 30. The third-order valence-electron chi connectivity index (χ3n) is 25.9. The van der Waals surface area contributed by atoms with Crippen molar-refractivity contribution in [1.29, 1.82) is 0 Å². The number of hydrogen-bond donors (Lipinski definition) is 36. The second-order valence-corrected chi connectivity index (χ2v) is 36.0. The molecule has 0 aromatic heterocycles. The van der Waals surface area contributed by atoms with Crippen LogP contribution in [0, 0.1) is 0 Å². The molecule has 1 unspecified atom stereocenters. The summed E-state index contributed by atoms with van der Waals surface area (Å²) in [6.07, 6.45) is -111. The Hall–Kier alpha value is -5.22. The van der Waals surface area contributed by atoms with Crippen LogP contribution in [0.25, 0.3) is 0 Å². The highest BCUT2D eigenvalue weighted by atomic mass is 16.8. The molecule has 0 saturated carbocycles. The van der Waals surface area contributed by atoms with Crippen LogP contribution in [0.4, 0.5) is 0 Å². The summed E-state index contributed by atoms with van der Waals surface area (Å²) in [5, 5.41) is 361. The van der Waals surface area contributed by atoms with E-state index in [4.69, 9.17) is 99.5 Å². The van der Waals surface area contributed by atoms with Crippen LogP contribution in [0.1, 0.15) is 48.0 Å². The third kappa shape index (κ3) is 25.8. The highest BCUT2D eigenvalue weighted by Crippen LogP contribution is 2.44. The molecule has 0 aromatic carbocycles. The number of aliphatic carboxylic acids is 1. The van der Waals surface area contributed by atoms with Crippen LogP contribution in [-0.2, 0) is 128 Å². The van der Waals surface area contributed by atoms with Gasteiger partial charge in [-0.25, -0.2) is 4.79 Å². The van der Waals surface area contributed by atoms with Gasteiger partial charge in [0.15, 0.2) is 62.9 Å². The molecule has 11 heterocycles. The van der Waals surface area contributed by atoms with E-state index < -0.39 is 451 Å². The Morgan fingerprint density at radius 1 is 0.303 bits per heavy atom. The molecule has 0 spiro atoms. The first-order valence-corrected chi connectivity index (χ1v) is 45.1. The zero-order valence-electron chi connectivity index (χ0n) is 76.4. The predicted molar refractivity (Wildman–Crippen MR) is 436 cm³/mol. The quantitative estimate of drug-likeness (QED) is 0.0273. The van der Waals surface area contributed by atoms with Gasteiger partial charge in [-0.05, 0) is 6.92 Å². The second-order valence-electron chi connectivity index (χ2n) is 36.0. The minimum atomic E-state index is -3.35. The predicted octanol–water partition coefficient (Wildman–Crippen LogP) is -24.0. The summed E-state index contributed by atoms with van der Waals surface area (Å²) in [5.41, 5.74) is 0. The Labute approximate surface area is 803 Å². The molecule has 11 fully saturated rings. The highest BCUT2D eigenvalue weighted by Gasteiger charge is 2.65. The minimum Gasteiger partial charge on any atom is -0.477 e. The Kier molecular flexibility index (Phi) is 41.7. The molecule has 5 amide bonds. The molecule has 11 rings (SSSR count). The zero-order valence-corrected chi connectivity index (χ0v) is 76.4. The summed E-state index contributed by atoms with van der Waals surface area (Å²) < 4.78 is 125. The number of carboxylic acid groups (broad SMARTS) is 1. The molecule has 0 aliphatic carbocycles. The molecule has 36 N–H and O–H groups in total. The second kappa shape index (κ2) is 50.6. The van der Waals surface area contributed by atoms with Gasteiger partial charge in [-0.3, -0.25) is 24.0 Å². The van der Waals surface area contributed by atoms with Crippen molar-refractivity contribution >= 4 is 35.5 Å². The van der Waals surface area contributed by atoms with Gasteiger partial charge < -0.3 is 284 Å². The fourth-order valence-corrected chi connectivity index (χ4v) is 18.4. The summed E-state index contributed by atoms with van der Waals surface area (Å²) in [6.45, 7) is -6.14. The Balaban J connectivity index is 0.920. The highest BCUT2D eigenvalue weighted by molar-refractivity contribution is 5.77. The van der Waals surface area contributed by atoms with Gasteiger partial charge in [0.05, 0.1) is 84.3 Å². The van der Waals surface area contributed by atoms with E-state index in [0.29, 0.717) is 0 Å². The van der Waals surface area contributed by atoms with Gasteiger partial charge >= 0.3 is 5.97 Å². The summed E-state index contributed by atoms with van der Waals surface area (Å²) in [4.78, 5) is 77.9. The van der Waals surface area contributed by atoms with Gasteiger partial charge in [-0.15, -0.1) is 0 Å². The lowest BCUT2D eigenvalue weighted by atomic mass is 9.88. The third-order valence-corrected chi connectivity index (χ3v) is 25.9. The number of nitrogens with one attached hydrogen (secondary N) is 5. The smallest absolute Gasteiger partial charge is 0.364 e. The van der Waals surface area contributed by atoms with Gasteiger partial charge in [0.1, 0.15) is 256 Å². The van der Waals surface area contributed by atoms with E-state index in [1.54, 1.807) is 0 Å². The monoisotopic (exact) mass is 2080 g/mol. The van der Waals surface area contributed by atoms with Crippen LogP contribution in [-0.4, -0.2) is 603 Å². The number of aliphatic hydroxyl groups excluding tert-OH is 30. The van der Waals surface area contributed by atoms with Crippen molar-refractivity contribution < 1.29 is 287 Å². The number of ether oxygens (including phenoxy) is 21. The van der Waals surface area contributed by atoms with Crippen LogP contribution in [0.3, 0.4) is 0 Å². The van der Waals surface area contributed by atoms with E-state index in [0.717, 1.165) is 34.6 Å². The van der Waals surface area contributed by atoms with Crippen LogP contribution < -0.4 is 26.6 Å². The Morgan fingerprint density at radius 3 is 1.06 bits per heavy atom. The molecule has 0 bridgehead atoms. The summed E-state index contributed by atoms with van der Waals surface area (Å²) in [6, 6.07) is -9.82. The van der Waals surface area contributed by atoms with Crippen molar-refractivity contribution in [3.63, 3.8) is 0 Å². The minimum absolute atomic E-state index is 0.840. The van der Waals surface area contributed by atoms with E-state index >= 15 is 0 Å². The first-order chi connectivity index (χ1) is 67.0. The molecule has 56 atom stereocenters. The van der Waals surface area contributed by atoms with Crippen LogP contribution >= 0.6 is 0 Å². The van der Waals surface area contributed by atoms with Gasteiger partial charge in [0.2, 0.25) is 29.5 Å². The number of rotatable bonds is 38. The summed E-state index contributed by atoms with van der Waals surface area (Å²) in [7, 11) is 0. The molecule has 142 heavy (non-hydrogen) atoms. The zero-order chi connectivity index (χ0) is 105. The standard InChI is InChI=1S/C79H131N5O58/c1-18-40(100)51(111)55(115)72(124-18)122-17-34-62(47(107)36(68(119)125-34)81-20(3)94)134-69-37(82-21(4)95)48(108)60(31(14-91)130-69)136-74-57(117)64(46(106)33(133-74)16-123-76-66(53(113)43(103)27(10-87)128-76)139-70-38(83-22(5)96)49(109)59(30(13-90)131-70)135-73-56(116)52(112)42(102)26(9-86)126-73)138-77-67(54(114)44(104)28(11-88)129-77)140-71-39(84-23(6)97)50(110)61(32(15-92)132-71)137-75-58(118)65(45(105)29(12-89)127-75)142-79(78(120)121)7-24(98)35(80-19(2)93)63(141-79)41(101)25(99)8-85/h18,24-77,85-92,98-119H,7-17H2,1-6H3,(H,80,93)(H,81,94)(H,82,95)(H,83,96)(H,84,97)(H,120,121)/t18-,24-,25+,26+,27+,28+,29+,30+,31+,32+,33+,34+,35+,36+,37+,38+,39-,40+,41-,42-,43+,44+,45-,46+,47+,48+,49+,50+,51+,52-,53-,54-,55-,56+,57-,58+,59+,60+,61+,62+,63+,64-,65-,66-,67-,68?,69-,70+,71+,72+,73-,74-,75-,76-,77+,79-/m0/s1. The molecular formula is C79H131N5O58. The average Bonchev–Trinajstić information content (AvgIpc) is 0.572. The largest absolute Gasteiger partial charge is 0.477 e. The molecule has 11 aliphatic rings. The van der Waals surface area contributed by atoms with Crippen molar-refractivity contribution in [2.24, 2.45) is 0 Å². The van der Waals surface area contributed by atoms with Crippen molar-refractivity contribution in [2.45, 2.75) is 391 Å². The summed E-state index contributed by atoms with van der Waals surface area (Å²) in [5.74, 6) is -10.4. The fraction of sp³-hybridized carbons (Fsp3) is 0.924. The maximum atomic E-state index is 13.4.